The molecule has 8 nitrogen and oxygen atoms in total. The first-order valence-corrected chi connectivity index (χ1v) is 7.97. The normalized spacial score (nSPS) is 10.2. The number of rotatable bonds is 9. The average Bonchev–Trinajstić information content (AvgIpc) is 2.66. The van der Waals surface area contributed by atoms with E-state index >= 15 is 0 Å². The highest BCUT2D eigenvalue weighted by molar-refractivity contribution is 6.00. The van der Waals surface area contributed by atoms with E-state index in [0.29, 0.717) is 25.4 Å². The molecule has 2 N–H and O–H groups in total. The molecule has 8 heteroatoms. The molecule has 0 fully saturated rings. The van der Waals surface area contributed by atoms with Crippen LogP contribution in [0.3, 0.4) is 0 Å². The molecule has 2 aromatic rings. The Bertz CT molecular complexity index is 762. The van der Waals surface area contributed by atoms with Gasteiger partial charge in [0, 0.05) is 38.0 Å². The fraction of sp³-hybridized carbons (Fsp3) is 0.278. The number of carbonyl (C=O) groups excluding carboxylic acids is 1. The molecule has 0 bridgehead atoms. The van der Waals surface area contributed by atoms with Crippen LogP contribution in [0.15, 0.2) is 42.5 Å². The second-order valence-electron chi connectivity index (χ2n) is 5.44. The number of hydrogen-bond donors (Lipinski definition) is 2. The van der Waals surface area contributed by atoms with Gasteiger partial charge in [0.1, 0.15) is 5.75 Å². The van der Waals surface area contributed by atoms with Crippen molar-refractivity contribution >= 4 is 17.3 Å². The van der Waals surface area contributed by atoms with Gasteiger partial charge in [-0.15, -0.1) is 0 Å². The monoisotopic (exact) mass is 359 g/mol. The first-order valence-electron chi connectivity index (χ1n) is 7.97. The van der Waals surface area contributed by atoms with Crippen LogP contribution < -0.4 is 15.4 Å². The van der Waals surface area contributed by atoms with Crippen molar-refractivity contribution in [2.75, 3.05) is 32.7 Å². The Morgan fingerprint density at radius 1 is 1.15 bits per heavy atom. The molecule has 0 aliphatic carbocycles. The van der Waals surface area contributed by atoms with Crippen LogP contribution in [0.1, 0.15) is 15.9 Å². The summed E-state index contributed by atoms with van der Waals surface area (Å²) in [6.07, 6.45) is 0. The van der Waals surface area contributed by atoms with Gasteiger partial charge in [0.2, 0.25) is 0 Å². The van der Waals surface area contributed by atoms with Gasteiger partial charge in [-0.25, -0.2) is 0 Å². The minimum Gasteiger partial charge on any atom is -0.497 e. The minimum atomic E-state index is -0.529. The Hall–Kier alpha value is -3.13. The Kier molecular flexibility index (Phi) is 6.92. The summed E-state index contributed by atoms with van der Waals surface area (Å²) in [7, 11) is 3.15. The fourth-order valence-electron chi connectivity index (χ4n) is 2.30. The van der Waals surface area contributed by atoms with Crippen molar-refractivity contribution in [2.45, 2.75) is 6.54 Å². The predicted molar refractivity (Wildman–Crippen MR) is 97.6 cm³/mol. The number of ether oxygens (including phenoxy) is 2. The highest BCUT2D eigenvalue weighted by atomic mass is 16.6. The van der Waals surface area contributed by atoms with E-state index in [2.05, 4.69) is 10.6 Å². The van der Waals surface area contributed by atoms with Crippen LogP contribution in [-0.2, 0) is 11.3 Å². The topological polar surface area (TPSA) is 103 Å². The van der Waals surface area contributed by atoms with Crippen LogP contribution in [-0.4, -0.2) is 38.2 Å². The molecule has 0 heterocycles. The molecular formula is C18H21N3O5. The first-order chi connectivity index (χ1) is 12.5. The molecule has 0 aromatic heterocycles. The maximum Gasteiger partial charge on any atom is 0.270 e. The van der Waals surface area contributed by atoms with E-state index in [-0.39, 0.29) is 11.3 Å². The number of nitro benzene ring substituents is 1. The van der Waals surface area contributed by atoms with Crippen LogP contribution >= 0.6 is 0 Å². The first kappa shape index (κ1) is 19.2. The highest BCUT2D eigenvalue weighted by Gasteiger charge is 2.16. The molecule has 2 rings (SSSR count). The van der Waals surface area contributed by atoms with Crippen LogP contribution in [0.25, 0.3) is 0 Å². The van der Waals surface area contributed by atoms with Gasteiger partial charge in [0.15, 0.2) is 0 Å². The van der Waals surface area contributed by atoms with Crippen molar-refractivity contribution in [2.24, 2.45) is 0 Å². The number of methoxy groups -OCH3 is 2. The zero-order valence-electron chi connectivity index (χ0n) is 14.7. The summed E-state index contributed by atoms with van der Waals surface area (Å²) in [5.41, 5.74) is 1.47. The van der Waals surface area contributed by atoms with Gasteiger partial charge in [0.05, 0.1) is 24.2 Å². The summed E-state index contributed by atoms with van der Waals surface area (Å²) in [6, 6.07) is 11.4. The smallest absolute Gasteiger partial charge is 0.270 e. The molecular weight excluding hydrogens is 338 g/mol. The Labute approximate surface area is 151 Å². The summed E-state index contributed by atoms with van der Waals surface area (Å²) < 4.78 is 10.1. The van der Waals surface area contributed by atoms with E-state index < -0.39 is 10.8 Å². The lowest BCUT2D eigenvalue weighted by atomic mass is 10.1. The molecule has 0 unspecified atom stereocenters. The predicted octanol–water partition coefficient (Wildman–Crippen LogP) is 2.59. The summed E-state index contributed by atoms with van der Waals surface area (Å²) in [5.74, 6) is 0.327. The molecule has 138 valence electrons. The van der Waals surface area contributed by atoms with E-state index in [4.69, 9.17) is 9.47 Å². The van der Waals surface area contributed by atoms with Gasteiger partial charge < -0.3 is 20.1 Å². The second kappa shape index (κ2) is 9.38. The van der Waals surface area contributed by atoms with E-state index in [9.17, 15) is 14.9 Å². The van der Waals surface area contributed by atoms with Gasteiger partial charge >= 0.3 is 0 Å². The lowest BCUT2D eigenvalue weighted by Crippen LogP contribution is -2.24. The molecule has 26 heavy (non-hydrogen) atoms. The summed E-state index contributed by atoms with van der Waals surface area (Å²) in [6.45, 7) is 1.22. The summed E-state index contributed by atoms with van der Waals surface area (Å²) in [4.78, 5) is 23.0. The quantitative estimate of drug-likeness (QED) is 0.405. The number of carbonyl (C=O) groups is 1. The Morgan fingerprint density at radius 2 is 1.88 bits per heavy atom. The highest BCUT2D eigenvalue weighted by Crippen LogP contribution is 2.22. The standard InChI is InChI=1S/C18H21N3O5/c1-25-10-9-19-17-8-5-14(21(23)24)11-16(17)18(22)20-12-13-3-6-15(26-2)7-4-13/h3-8,11,19H,9-10,12H2,1-2H3,(H,20,22). The zero-order valence-corrected chi connectivity index (χ0v) is 14.7. The summed E-state index contributed by atoms with van der Waals surface area (Å²) >= 11 is 0. The van der Waals surface area contributed by atoms with Crippen LogP contribution in [0, 0.1) is 10.1 Å². The number of amides is 1. The van der Waals surface area contributed by atoms with E-state index in [1.165, 1.54) is 18.2 Å². The average molecular weight is 359 g/mol. The Balaban J connectivity index is 2.12. The molecule has 0 radical (unpaired) electrons. The van der Waals surface area contributed by atoms with Crippen molar-refractivity contribution in [1.82, 2.24) is 5.32 Å². The van der Waals surface area contributed by atoms with Crippen molar-refractivity contribution in [3.63, 3.8) is 0 Å². The molecule has 2 aromatic carbocycles. The Morgan fingerprint density at radius 3 is 2.50 bits per heavy atom. The minimum absolute atomic E-state index is 0.142. The number of hydrogen-bond acceptors (Lipinski definition) is 6. The number of nitrogens with zero attached hydrogens (tertiary/aromatic N) is 1. The van der Waals surface area contributed by atoms with Crippen LogP contribution in [0.5, 0.6) is 5.75 Å². The molecule has 0 aliphatic heterocycles. The number of anilines is 1. The number of nitrogens with one attached hydrogen (secondary N) is 2. The molecule has 1 amide bonds. The molecule has 0 atom stereocenters. The summed E-state index contributed by atoms with van der Waals surface area (Å²) in [5, 5.41) is 16.8. The third-order valence-corrected chi connectivity index (χ3v) is 3.69. The lowest BCUT2D eigenvalue weighted by molar-refractivity contribution is -0.384. The maximum atomic E-state index is 12.5. The second-order valence-corrected chi connectivity index (χ2v) is 5.44. The van der Waals surface area contributed by atoms with Crippen LogP contribution in [0.4, 0.5) is 11.4 Å². The molecule has 0 saturated carbocycles. The number of nitro groups is 1. The number of benzene rings is 2. The SMILES string of the molecule is COCCNc1ccc([N+](=O)[O-])cc1C(=O)NCc1ccc(OC)cc1. The molecule has 0 saturated heterocycles. The van der Waals surface area contributed by atoms with Crippen molar-refractivity contribution < 1.29 is 19.2 Å². The maximum absolute atomic E-state index is 12.5. The van der Waals surface area contributed by atoms with Gasteiger partial charge in [-0.05, 0) is 23.8 Å². The fourth-order valence-corrected chi connectivity index (χ4v) is 2.30. The van der Waals surface area contributed by atoms with E-state index in [0.717, 1.165) is 11.3 Å². The lowest BCUT2D eigenvalue weighted by Gasteiger charge is -2.12. The zero-order chi connectivity index (χ0) is 18.9. The largest absolute Gasteiger partial charge is 0.497 e. The van der Waals surface area contributed by atoms with Crippen molar-refractivity contribution in [3.05, 3.63) is 63.7 Å². The third-order valence-electron chi connectivity index (χ3n) is 3.69. The van der Waals surface area contributed by atoms with Gasteiger partial charge in [-0.2, -0.15) is 0 Å². The molecule has 0 spiro atoms. The van der Waals surface area contributed by atoms with E-state index in [1.54, 1.807) is 26.4 Å². The van der Waals surface area contributed by atoms with Gasteiger partial charge in [0.25, 0.3) is 11.6 Å². The van der Waals surface area contributed by atoms with Gasteiger partial charge in [-0.3, -0.25) is 14.9 Å². The third kappa shape index (κ3) is 5.18. The van der Waals surface area contributed by atoms with Crippen molar-refractivity contribution in [3.8, 4) is 5.75 Å². The van der Waals surface area contributed by atoms with Crippen molar-refractivity contribution in [1.29, 1.82) is 0 Å². The number of non-ortho nitro benzene ring substituents is 1. The van der Waals surface area contributed by atoms with Crippen LogP contribution in [0.2, 0.25) is 0 Å². The molecule has 0 aliphatic rings. The van der Waals surface area contributed by atoms with Gasteiger partial charge in [-0.1, -0.05) is 12.1 Å². The van der Waals surface area contributed by atoms with E-state index in [1.807, 2.05) is 12.1 Å².